The van der Waals surface area contributed by atoms with Crippen molar-refractivity contribution in [3.8, 4) is 0 Å². The van der Waals surface area contributed by atoms with Gasteiger partial charge < -0.3 is 15.5 Å². The van der Waals surface area contributed by atoms with Gasteiger partial charge in [0, 0.05) is 31.5 Å². The number of fused-ring (bicyclic) bond motifs is 1. The smallest absolute Gasteiger partial charge is 0.0649 e. The molecule has 0 aromatic heterocycles. The number of hydrogen-bond donors (Lipinski definition) is 1. The molecule has 0 atom stereocenters. The fourth-order valence-corrected chi connectivity index (χ4v) is 2.47. The van der Waals surface area contributed by atoms with Crippen LogP contribution < -0.4 is 15.5 Å². The number of hydrogen-bond acceptors (Lipinski definition) is 3. The Balaban J connectivity index is 2.07. The van der Waals surface area contributed by atoms with Crippen molar-refractivity contribution in [3.63, 3.8) is 0 Å². The second-order valence-corrected chi connectivity index (χ2v) is 4.66. The summed E-state index contributed by atoms with van der Waals surface area (Å²) in [5.41, 5.74) is 10.4. The molecule has 3 rings (SSSR count). The molecule has 18 heavy (non-hydrogen) atoms. The molecule has 0 saturated carbocycles. The maximum atomic E-state index is 5.88. The Kier molecular flexibility index (Phi) is 2.59. The SMILES string of the molecule is CN1CCN(c2cccc(N)c2)c2ccccc21. The van der Waals surface area contributed by atoms with Gasteiger partial charge in [0.15, 0.2) is 0 Å². The summed E-state index contributed by atoms with van der Waals surface area (Å²) < 4.78 is 0. The Labute approximate surface area is 107 Å². The van der Waals surface area contributed by atoms with Crippen LogP contribution in [0.1, 0.15) is 0 Å². The summed E-state index contributed by atoms with van der Waals surface area (Å²) in [5, 5.41) is 0. The highest BCUT2D eigenvalue weighted by Gasteiger charge is 2.20. The molecule has 0 bridgehead atoms. The molecule has 3 heteroatoms. The standard InChI is InChI=1S/C15H17N3/c1-17-9-10-18(13-6-4-5-12(16)11-13)15-8-3-2-7-14(15)17/h2-8,11H,9-10,16H2,1H3. The van der Waals surface area contributed by atoms with Crippen LogP contribution in [-0.2, 0) is 0 Å². The molecule has 92 valence electrons. The number of nitrogens with zero attached hydrogens (tertiary/aromatic N) is 2. The Bertz CT molecular complexity index is 565. The Morgan fingerprint density at radius 3 is 2.50 bits per heavy atom. The summed E-state index contributed by atoms with van der Waals surface area (Å²) in [6, 6.07) is 16.6. The zero-order chi connectivity index (χ0) is 12.5. The number of nitrogen functional groups attached to an aromatic ring is 1. The molecule has 2 N–H and O–H groups in total. The molecular formula is C15H17N3. The first-order chi connectivity index (χ1) is 8.75. The Morgan fingerprint density at radius 1 is 0.944 bits per heavy atom. The second-order valence-electron chi connectivity index (χ2n) is 4.66. The van der Waals surface area contributed by atoms with E-state index in [-0.39, 0.29) is 0 Å². The maximum Gasteiger partial charge on any atom is 0.0649 e. The molecule has 1 aliphatic heterocycles. The zero-order valence-electron chi connectivity index (χ0n) is 10.5. The zero-order valence-corrected chi connectivity index (χ0v) is 10.5. The van der Waals surface area contributed by atoms with E-state index in [0.717, 1.165) is 24.5 Å². The molecule has 0 unspecified atom stereocenters. The number of benzene rings is 2. The fraction of sp³-hybridized carbons (Fsp3) is 0.200. The van der Waals surface area contributed by atoms with Crippen LogP contribution in [0.5, 0.6) is 0 Å². The van der Waals surface area contributed by atoms with Gasteiger partial charge in [0.1, 0.15) is 0 Å². The van der Waals surface area contributed by atoms with E-state index in [1.54, 1.807) is 0 Å². The highest BCUT2D eigenvalue weighted by molar-refractivity contribution is 5.79. The lowest BCUT2D eigenvalue weighted by Gasteiger charge is -2.37. The van der Waals surface area contributed by atoms with Crippen molar-refractivity contribution in [3.05, 3.63) is 48.5 Å². The predicted octanol–water partition coefficient (Wildman–Crippen LogP) is 2.86. The predicted molar refractivity (Wildman–Crippen MR) is 77.6 cm³/mol. The molecule has 0 saturated heterocycles. The highest BCUT2D eigenvalue weighted by Crippen LogP contribution is 2.36. The highest BCUT2D eigenvalue weighted by atomic mass is 15.3. The third-order valence-electron chi connectivity index (χ3n) is 3.42. The van der Waals surface area contributed by atoms with E-state index in [0.29, 0.717) is 0 Å². The molecule has 0 spiro atoms. The van der Waals surface area contributed by atoms with Crippen molar-refractivity contribution < 1.29 is 0 Å². The van der Waals surface area contributed by atoms with Gasteiger partial charge in [0.2, 0.25) is 0 Å². The van der Waals surface area contributed by atoms with Gasteiger partial charge in [0.25, 0.3) is 0 Å². The van der Waals surface area contributed by atoms with Crippen LogP contribution >= 0.6 is 0 Å². The van der Waals surface area contributed by atoms with Crippen molar-refractivity contribution in [2.24, 2.45) is 0 Å². The minimum atomic E-state index is 0.809. The molecule has 1 heterocycles. The minimum Gasteiger partial charge on any atom is -0.399 e. The quantitative estimate of drug-likeness (QED) is 0.777. The molecule has 0 fully saturated rings. The first-order valence-electron chi connectivity index (χ1n) is 6.19. The summed E-state index contributed by atoms with van der Waals surface area (Å²) in [6.07, 6.45) is 0. The average Bonchev–Trinajstić information content (AvgIpc) is 2.39. The molecule has 0 radical (unpaired) electrons. The number of likely N-dealkylation sites (N-methyl/N-ethyl adjacent to an activating group) is 1. The van der Waals surface area contributed by atoms with E-state index < -0.39 is 0 Å². The molecule has 3 nitrogen and oxygen atoms in total. The summed E-state index contributed by atoms with van der Waals surface area (Å²) in [7, 11) is 2.13. The van der Waals surface area contributed by atoms with E-state index >= 15 is 0 Å². The van der Waals surface area contributed by atoms with E-state index in [4.69, 9.17) is 5.73 Å². The topological polar surface area (TPSA) is 32.5 Å². The van der Waals surface area contributed by atoms with Crippen LogP contribution in [0, 0.1) is 0 Å². The van der Waals surface area contributed by atoms with Crippen LogP contribution in [0.15, 0.2) is 48.5 Å². The van der Waals surface area contributed by atoms with Crippen molar-refractivity contribution in [2.45, 2.75) is 0 Å². The van der Waals surface area contributed by atoms with Gasteiger partial charge in [-0.3, -0.25) is 0 Å². The lowest BCUT2D eigenvalue weighted by atomic mass is 10.1. The van der Waals surface area contributed by atoms with E-state index in [2.05, 4.69) is 47.2 Å². The maximum absolute atomic E-state index is 5.88. The van der Waals surface area contributed by atoms with E-state index in [1.807, 2.05) is 18.2 Å². The summed E-state index contributed by atoms with van der Waals surface area (Å²) >= 11 is 0. The molecule has 2 aromatic rings. The average molecular weight is 239 g/mol. The fourth-order valence-electron chi connectivity index (χ4n) is 2.47. The molecule has 1 aliphatic rings. The monoisotopic (exact) mass is 239 g/mol. The van der Waals surface area contributed by atoms with Gasteiger partial charge in [-0.15, -0.1) is 0 Å². The summed E-state index contributed by atoms with van der Waals surface area (Å²) in [6.45, 7) is 2.00. The van der Waals surface area contributed by atoms with Crippen molar-refractivity contribution >= 4 is 22.7 Å². The van der Waals surface area contributed by atoms with Crippen LogP contribution in [0.3, 0.4) is 0 Å². The Morgan fingerprint density at radius 2 is 1.72 bits per heavy atom. The third-order valence-corrected chi connectivity index (χ3v) is 3.42. The van der Waals surface area contributed by atoms with Gasteiger partial charge in [-0.2, -0.15) is 0 Å². The largest absolute Gasteiger partial charge is 0.399 e. The van der Waals surface area contributed by atoms with Crippen molar-refractivity contribution in [2.75, 3.05) is 35.7 Å². The van der Waals surface area contributed by atoms with E-state index in [1.165, 1.54) is 11.4 Å². The number of anilines is 4. The van der Waals surface area contributed by atoms with Crippen molar-refractivity contribution in [1.29, 1.82) is 0 Å². The number of rotatable bonds is 1. The van der Waals surface area contributed by atoms with Crippen LogP contribution in [0.25, 0.3) is 0 Å². The van der Waals surface area contributed by atoms with Gasteiger partial charge in [-0.25, -0.2) is 0 Å². The molecule has 0 aliphatic carbocycles. The molecule has 2 aromatic carbocycles. The third kappa shape index (κ3) is 1.78. The van der Waals surface area contributed by atoms with E-state index in [9.17, 15) is 0 Å². The number of para-hydroxylation sites is 2. The lowest BCUT2D eigenvalue weighted by Crippen LogP contribution is -2.36. The first-order valence-corrected chi connectivity index (χ1v) is 6.19. The van der Waals surface area contributed by atoms with Gasteiger partial charge in [-0.05, 0) is 30.3 Å². The summed E-state index contributed by atoms with van der Waals surface area (Å²) in [5.74, 6) is 0. The van der Waals surface area contributed by atoms with Crippen molar-refractivity contribution in [1.82, 2.24) is 0 Å². The molecule has 0 amide bonds. The van der Waals surface area contributed by atoms with Crippen LogP contribution in [-0.4, -0.2) is 20.1 Å². The second kappa shape index (κ2) is 4.26. The minimum absolute atomic E-state index is 0.809. The summed E-state index contributed by atoms with van der Waals surface area (Å²) in [4.78, 5) is 4.61. The normalized spacial score (nSPS) is 14.5. The number of nitrogens with two attached hydrogens (primary N) is 1. The van der Waals surface area contributed by atoms with Gasteiger partial charge in [-0.1, -0.05) is 18.2 Å². The Hall–Kier alpha value is -2.16. The molecular weight excluding hydrogens is 222 g/mol. The van der Waals surface area contributed by atoms with Crippen LogP contribution in [0.4, 0.5) is 22.7 Å². The van der Waals surface area contributed by atoms with Gasteiger partial charge in [0.05, 0.1) is 11.4 Å². The first kappa shape index (κ1) is 11.0. The van der Waals surface area contributed by atoms with Crippen LogP contribution in [0.2, 0.25) is 0 Å². The lowest BCUT2D eigenvalue weighted by molar-refractivity contribution is 0.822. The van der Waals surface area contributed by atoms with Gasteiger partial charge >= 0.3 is 0 Å².